The lowest BCUT2D eigenvalue weighted by Gasteiger charge is -2.27. The Morgan fingerprint density at radius 3 is 2.35 bits per heavy atom. The molecule has 0 N–H and O–H groups in total. The molecule has 0 amide bonds. The first-order valence-corrected chi connectivity index (χ1v) is 8.14. The Hall–Kier alpha value is -1.83. The van der Waals surface area contributed by atoms with Gasteiger partial charge < -0.3 is 26.6 Å². The fraction of sp³-hybridized carbons (Fsp3) is 0.211. The topological polar surface area (TPSA) is 42.1 Å². The quantitative estimate of drug-likeness (QED) is 0.489. The van der Waals surface area contributed by atoms with Crippen molar-refractivity contribution >= 4 is 22.8 Å². The van der Waals surface area contributed by atoms with Crippen LogP contribution in [0.1, 0.15) is 0 Å². The summed E-state index contributed by atoms with van der Waals surface area (Å²) < 4.78 is 7.32. The van der Waals surface area contributed by atoms with Gasteiger partial charge in [0.05, 0.1) is 13.2 Å². The number of rotatable bonds is 3. The molecule has 2 aromatic heterocycles. The second kappa shape index (κ2) is 9.75. The van der Waals surface area contributed by atoms with Crippen molar-refractivity contribution in [3.63, 3.8) is 0 Å². The van der Waals surface area contributed by atoms with Crippen LogP contribution in [0.2, 0.25) is 0 Å². The second-order valence-corrected chi connectivity index (χ2v) is 5.68. The number of halogens is 2. The summed E-state index contributed by atoms with van der Waals surface area (Å²) in [6.45, 7) is 3.18. The van der Waals surface area contributed by atoms with Crippen molar-refractivity contribution in [1.82, 2.24) is 10.1 Å². The minimum absolute atomic E-state index is 0. The molecule has 1 fully saturated rings. The normalized spacial score (nSPS) is 13.5. The van der Waals surface area contributed by atoms with E-state index in [1.54, 1.807) is 6.20 Å². The van der Waals surface area contributed by atoms with Gasteiger partial charge in [-0.25, -0.2) is 0 Å². The van der Waals surface area contributed by atoms with Crippen molar-refractivity contribution in [1.29, 1.82) is 0 Å². The third kappa shape index (κ3) is 4.66. The third-order valence-electron chi connectivity index (χ3n) is 4.08. The average molecular weight is 480 g/mol. The zero-order valence-corrected chi connectivity index (χ0v) is 17.5. The maximum atomic E-state index is 5.46. The Labute approximate surface area is 174 Å². The molecule has 0 spiro atoms. The van der Waals surface area contributed by atoms with E-state index in [4.69, 9.17) is 9.84 Å². The highest BCUT2D eigenvalue weighted by Crippen LogP contribution is 2.22. The molecular weight excluding hydrogens is 460 g/mol. The molecule has 1 aromatic carbocycles. The molecule has 0 unspecified atom stereocenters. The minimum Gasteiger partial charge on any atom is -1.00 e. The van der Waals surface area contributed by atoms with Crippen molar-refractivity contribution in [2.24, 2.45) is 0 Å². The van der Waals surface area contributed by atoms with Gasteiger partial charge >= 0.3 is 5.82 Å². The molecule has 5 nitrogen and oxygen atoms in total. The van der Waals surface area contributed by atoms with Gasteiger partial charge in [0.2, 0.25) is 0 Å². The summed E-state index contributed by atoms with van der Waals surface area (Å²) in [5, 5.41) is 4.78. The van der Waals surface area contributed by atoms with E-state index in [1.807, 2.05) is 35.1 Å². The fourth-order valence-electron chi connectivity index (χ4n) is 2.82. The van der Waals surface area contributed by atoms with Crippen molar-refractivity contribution in [3.05, 3.63) is 67.0 Å². The van der Waals surface area contributed by atoms with Crippen molar-refractivity contribution in [2.75, 3.05) is 31.2 Å². The summed E-state index contributed by atoms with van der Waals surface area (Å²) in [6.07, 6.45) is 3.81. The van der Waals surface area contributed by atoms with Crippen molar-refractivity contribution < 1.29 is 26.4 Å². The zero-order valence-electron chi connectivity index (χ0n) is 14.2. The highest BCUT2D eigenvalue weighted by Gasteiger charge is 2.18. The monoisotopic (exact) mass is 478 g/mol. The molecule has 3 heterocycles. The number of nitrogens with zero attached hydrogens (tertiary/aromatic N) is 4. The van der Waals surface area contributed by atoms with E-state index >= 15 is 0 Å². The van der Waals surface area contributed by atoms with Crippen LogP contribution in [0, 0.1) is 0 Å². The van der Waals surface area contributed by atoms with Gasteiger partial charge in [0.25, 0.3) is 0 Å². The van der Waals surface area contributed by atoms with Crippen LogP contribution in [0.4, 0.5) is 5.82 Å². The summed E-state index contributed by atoms with van der Waals surface area (Å²) in [6, 6.07) is 18.3. The lowest BCUT2D eigenvalue weighted by atomic mass is 10.1. The second-order valence-electron chi connectivity index (χ2n) is 5.68. The molecule has 0 atom stereocenters. The van der Waals surface area contributed by atoms with Crippen LogP contribution in [0.3, 0.4) is 0 Å². The molecule has 7 heteroatoms. The lowest BCUT2D eigenvalue weighted by molar-refractivity contribution is -0.661. The van der Waals surface area contributed by atoms with E-state index in [0.29, 0.717) is 0 Å². The number of anilines is 1. The predicted molar refractivity (Wildman–Crippen MR) is 102 cm³/mol. The first kappa shape index (κ1) is 20.5. The highest BCUT2D eigenvalue weighted by molar-refractivity contribution is 8.93. The van der Waals surface area contributed by atoms with E-state index in [1.165, 1.54) is 5.56 Å². The molecule has 0 radical (unpaired) electrons. The van der Waals surface area contributed by atoms with E-state index < -0.39 is 0 Å². The van der Waals surface area contributed by atoms with Crippen molar-refractivity contribution in [2.45, 2.75) is 0 Å². The van der Waals surface area contributed by atoms with Gasteiger partial charge in [-0.05, 0) is 22.7 Å². The SMILES string of the molecule is Br.[Br-].c1ccc(-c2cc(N3CCOCC3)n[n+](-c3ccccn3)c2)cc1. The maximum Gasteiger partial charge on any atom is 0.348 e. The van der Waals surface area contributed by atoms with Gasteiger partial charge in [-0.3, -0.25) is 0 Å². The Kier molecular flexibility index (Phi) is 7.68. The van der Waals surface area contributed by atoms with Crippen LogP contribution < -0.4 is 26.6 Å². The summed E-state index contributed by atoms with van der Waals surface area (Å²) in [5.74, 6) is 1.76. The van der Waals surface area contributed by atoms with Crippen LogP contribution in [0.15, 0.2) is 67.0 Å². The van der Waals surface area contributed by atoms with E-state index in [2.05, 4.69) is 40.2 Å². The molecule has 1 saturated heterocycles. The summed E-state index contributed by atoms with van der Waals surface area (Å²) in [7, 11) is 0. The van der Waals surface area contributed by atoms with Crippen LogP contribution in [-0.4, -0.2) is 36.4 Å². The molecule has 0 bridgehead atoms. The molecule has 0 aliphatic carbocycles. The first-order valence-electron chi connectivity index (χ1n) is 8.14. The standard InChI is InChI=1S/C19H19N4O.2BrH/c1-2-6-16(7-3-1)17-14-19(22-10-12-24-13-11-22)21-23(15-17)18-8-4-5-9-20-18;;/h1-9,14-15H,10-13H2;2*1H/q+1;;/p-1. The molecule has 1 aliphatic rings. The summed E-state index contributed by atoms with van der Waals surface area (Å²) in [4.78, 5) is 6.69. The Balaban J connectivity index is 0.00000121. The smallest absolute Gasteiger partial charge is 0.348 e. The largest absolute Gasteiger partial charge is 1.00 e. The molecule has 136 valence electrons. The molecule has 3 aromatic rings. The zero-order chi connectivity index (χ0) is 16.2. The summed E-state index contributed by atoms with van der Waals surface area (Å²) in [5.41, 5.74) is 2.29. The Morgan fingerprint density at radius 1 is 0.923 bits per heavy atom. The van der Waals surface area contributed by atoms with Crippen LogP contribution >= 0.6 is 17.0 Å². The number of ether oxygens (including phenoxy) is 1. The van der Waals surface area contributed by atoms with Gasteiger partial charge in [-0.2, -0.15) is 0 Å². The van der Waals surface area contributed by atoms with E-state index in [0.717, 1.165) is 43.5 Å². The molecule has 1 aliphatic heterocycles. The van der Waals surface area contributed by atoms with Crippen LogP contribution in [-0.2, 0) is 4.74 Å². The fourth-order valence-corrected chi connectivity index (χ4v) is 2.82. The number of hydrogen-bond donors (Lipinski definition) is 0. The van der Waals surface area contributed by atoms with Gasteiger partial charge in [-0.15, -0.1) is 17.0 Å². The molecule has 26 heavy (non-hydrogen) atoms. The van der Waals surface area contributed by atoms with Crippen molar-refractivity contribution in [3.8, 4) is 16.9 Å². The van der Waals surface area contributed by atoms with Crippen LogP contribution in [0.5, 0.6) is 0 Å². The molecule has 0 saturated carbocycles. The van der Waals surface area contributed by atoms with Gasteiger partial charge in [0.1, 0.15) is 12.4 Å². The number of morpholine rings is 1. The molecular formula is C19H20Br2N4O. The highest BCUT2D eigenvalue weighted by atomic mass is 79.9. The van der Waals surface area contributed by atoms with Gasteiger partial charge in [0.15, 0.2) is 5.82 Å². The van der Waals surface area contributed by atoms with E-state index in [9.17, 15) is 0 Å². The number of hydrogen-bond acceptors (Lipinski definition) is 4. The van der Waals surface area contributed by atoms with Gasteiger partial charge in [-0.1, -0.05) is 46.2 Å². The maximum absolute atomic E-state index is 5.46. The Morgan fingerprint density at radius 2 is 1.65 bits per heavy atom. The Bertz CT molecular complexity index is 755. The number of benzene rings is 1. The third-order valence-corrected chi connectivity index (χ3v) is 4.08. The predicted octanol–water partition coefficient (Wildman–Crippen LogP) is -0.161. The minimum atomic E-state index is 0. The summed E-state index contributed by atoms with van der Waals surface area (Å²) >= 11 is 0. The van der Waals surface area contributed by atoms with Gasteiger partial charge in [0, 0.05) is 24.7 Å². The average Bonchev–Trinajstić information content (AvgIpc) is 2.70. The number of pyridine rings is 1. The molecule has 4 rings (SSSR count). The number of aromatic nitrogens is 3. The van der Waals surface area contributed by atoms with E-state index in [-0.39, 0.29) is 34.0 Å². The lowest BCUT2D eigenvalue weighted by Crippen LogP contribution is -3.00. The van der Waals surface area contributed by atoms with Crippen LogP contribution in [0.25, 0.3) is 16.9 Å². The first-order chi connectivity index (χ1) is 11.9.